The molecule has 0 aliphatic carbocycles. The van der Waals surface area contributed by atoms with Crippen molar-refractivity contribution in [3.8, 4) is 0 Å². The number of amides is 2. The van der Waals surface area contributed by atoms with Gasteiger partial charge in [-0.2, -0.15) is 0 Å². The predicted molar refractivity (Wildman–Crippen MR) is 95.9 cm³/mol. The molecule has 2 aliphatic heterocycles. The van der Waals surface area contributed by atoms with E-state index in [9.17, 15) is 14.0 Å². The summed E-state index contributed by atoms with van der Waals surface area (Å²) in [6.07, 6.45) is 2.18. The molecule has 27 heavy (non-hydrogen) atoms. The van der Waals surface area contributed by atoms with Gasteiger partial charge in [0.15, 0.2) is 0 Å². The van der Waals surface area contributed by atoms with Gasteiger partial charge in [-0.15, -0.1) is 0 Å². The van der Waals surface area contributed by atoms with Gasteiger partial charge in [0.05, 0.1) is 18.3 Å². The molecular weight excluding hydrogens is 351 g/mol. The van der Waals surface area contributed by atoms with Crippen LogP contribution < -0.4 is 4.90 Å². The topological polar surface area (TPSA) is 69.9 Å². The molecule has 8 heteroatoms. The fourth-order valence-electron chi connectivity index (χ4n) is 3.98. The van der Waals surface area contributed by atoms with E-state index in [4.69, 9.17) is 4.52 Å². The number of carbonyl (C=O) groups excluding carboxylic acids is 2. The summed E-state index contributed by atoms with van der Waals surface area (Å²) in [6, 6.07) is 6.06. The van der Waals surface area contributed by atoms with Gasteiger partial charge in [-0.1, -0.05) is 11.2 Å². The van der Waals surface area contributed by atoms with Crippen molar-refractivity contribution in [1.82, 2.24) is 15.0 Å². The van der Waals surface area contributed by atoms with Crippen LogP contribution >= 0.6 is 0 Å². The second kappa shape index (κ2) is 6.45. The highest BCUT2D eigenvalue weighted by Crippen LogP contribution is 2.34. The van der Waals surface area contributed by atoms with Crippen LogP contribution in [-0.4, -0.2) is 65.5 Å². The lowest BCUT2D eigenvalue weighted by atomic mass is 9.92. The Labute approximate surface area is 156 Å². The van der Waals surface area contributed by atoms with E-state index in [2.05, 4.69) is 5.16 Å². The quantitative estimate of drug-likeness (QED) is 0.802. The molecule has 1 aromatic heterocycles. The Morgan fingerprint density at radius 2 is 2.15 bits per heavy atom. The Balaban J connectivity index is 1.58. The van der Waals surface area contributed by atoms with Crippen molar-refractivity contribution in [2.24, 2.45) is 0 Å². The van der Waals surface area contributed by atoms with Gasteiger partial charge in [0.25, 0.3) is 5.91 Å². The Morgan fingerprint density at radius 1 is 1.33 bits per heavy atom. The fourth-order valence-corrected chi connectivity index (χ4v) is 3.98. The number of likely N-dealkylation sites (tertiary alicyclic amines) is 1. The average Bonchev–Trinajstić information content (AvgIpc) is 3.25. The van der Waals surface area contributed by atoms with Gasteiger partial charge in [-0.3, -0.25) is 14.5 Å². The number of likely N-dealkylation sites (N-methyl/N-ethyl adjacent to an activating group) is 1. The maximum Gasteiger partial charge on any atom is 0.259 e. The van der Waals surface area contributed by atoms with Crippen molar-refractivity contribution in [2.45, 2.75) is 18.9 Å². The van der Waals surface area contributed by atoms with Crippen LogP contribution in [0.4, 0.5) is 10.1 Å². The van der Waals surface area contributed by atoms with Crippen molar-refractivity contribution in [2.75, 3.05) is 38.1 Å². The molecule has 0 N–H and O–H groups in total. The normalized spacial score (nSPS) is 23.4. The van der Waals surface area contributed by atoms with E-state index in [-0.39, 0.29) is 29.7 Å². The van der Waals surface area contributed by atoms with Crippen molar-refractivity contribution < 1.29 is 18.5 Å². The minimum atomic E-state index is -0.376. The second-order valence-electron chi connectivity index (χ2n) is 7.31. The van der Waals surface area contributed by atoms with Crippen LogP contribution in [0.5, 0.6) is 0 Å². The minimum absolute atomic E-state index is 0.0756. The summed E-state index contributed by atoms with van der Waals surface area (Å²) in [5.41, 5.74) is 0.650. The Hall–Kier alpha value is -2.74. The molecule has 1 spiro atoms. The third-order valence-electron chi connectivity index (χ3n) is 5.66. The third kappa shape index (κ3) is 2.99. The third-order valence-corrected chi connectivity index (χ3v) is 5.66. The maximum absolute atomic E-state index is 13.6. The molecule has 2 aromatic rings. The number of halogens is 1. The van der Waals surface area contributed by atoms with Gasteiger partial charge in [0.1, 0.15) is 17.1 Å². The monoisotopic (exact) mass is 372 g/mol. The van der Waals surface area contributed by atoms with E-state index in [0.29, 0.717) is 36.6 Å². The van der Waals surface area contributed by atoms with E-state index in [1.54, 1.807) is 28.9 Å². The number of aromatic nitrogens is 1. The molecule has 0 radical (unpaired) electrons. The van der Waals surface area contributed by atoms with Crippen LogP contribution in [0, 0.1) is 12.7 Å². The average molecular weight is 372 g/mol. The highest BCUT2D eigenvalue weighted by molar-refractivity contribution is 5.97. The molecule has 2 fully saturated rings. The van der Waals surface area contributed by atoms with Crippen LogP contribution in [0.3, 0.4) is 0 Å². The molecule has 1 aromatic carbocycles. The second-order valence-corrected chi connectivity index (χ2v) is 7.31. The summed E-state index contributed by atoms with van der Waals surface area (Å²) >= 11 is 0. The summed E-state index contributed by atoms with van der Waals surface area (Å²) in [5, 5.41) is 3.68. The Bertz CT molecular complexity index is 899. The Morgan fingerprint density at radius 3 is 2.85 bits per heavy atom. The number of aryl methyl sites for hydroxylation is 1. The first kappa shape index (κ1) is 17.7. The molecule has 7 nitrogen and oxygen atoms in total. The van der Waals surface area contributed by atoms with Crippen molar-refractivity contribution in [1.29, 1.82) is 0 Å². The minimum Gasteiger partial charge on any atom is -0.361 e. The largest absolute Gasteiger partial charge is 0.361 e. The summed E-state index contributed by atoms with van der Waals surface area (Å²) in [6.45, 7) is 3.43. The fraction of sp³-hybridized carbons (Fsp3) is 0.421. The lowest BCUT2D eigenvalue weighted by Crippen LogP contribution is -2.64. The predicted octanol–water partition coefficient (Wildman–Crippen LogP) is 1.69. The molecule has 1 atom stereocenters. The van der Waals surface area contributed by atoms with Gasteiger partial charge in [-0.25, -0.2) is 4.39 Å². The van der Waals surface area contributed by atoms with E-state index < -0.39 is 0 Å². The lowest BCUT2D eigenvalue weighted by molar-refractivity contribution is -0.123. The standard InChI is InChI=1S/C19H21FN4O3/c1-13-16(9-21-27-13)18(26)23-7-6-19(11-23)12-24(17(25)10-22(19)2)15-5-3-4-14(20)8-15/h3-5,8-9H,6-7,10-12H2,1-2H3/t19-/m0/s1. The molecule has 0 unspecified atom stereocenters. The van der Waals surface area contributed by atoms with Crippen LogP contribution in [0.2, 0.25) is 0 Å². The first-order valence-electron chi connectivity index (χ1n) is 8.87. The summed E-state index contributed by atoms with van der Waals surface area (Å²) in [4.78, 5) is 30.8. The molecule has 2 saturated heterocycles. The van der Waals surface area contributed by atoms with Crippen molar-refractivity contribution in [3.63, 3.8) is 0 Å². The number of hydrogen-bond acceptors (Lipinski definition) is 5. The van der Waals surface area contributed by atoms with Gasteiger partial charge < -0.3 is 14.3 Å². The van der Waals surface area contributed by atoms with Gasteiger partial charge in [0.2, 0.25) is 5.91 Å². The number of carbonyl (C=O) groups is 2. The van der Waals surface area contributed by atoms with Crippen LogP contribution in [0.1, 0.15) is 22.5 Å². The van der Waals surface area contributed by atoms with Crippen LogP contribution in [-0.2, 0) is 4.79 Å². The highest BCUT2D eigenvalue weighted by Gasteiger charge is 2.49. The van der Waals surface area contributed by atoms with E-state index in [0.717, 1.165) is 6.42 Å². The molecule has 4 rings (SSSR count). The first-order valence-corrected chi connectivity index (χ1v) is 8.87. The van der Waals surface area contributed by atoms with Gasteiger partial charge in [0, 0.05) is 25.3 Å². The molecule has 142 valence electrons. The van der Waals surface area contributed by atoms with Gasteiger partial charge >= 0.3 is 0 Å². The number of rotatable bonds is 2. The van der Waals surface area contributed by atoms with Crippen molar-refractivity contribution in [3.05, 3.63) is 47.6 Å². The van der Waals surface area contributed by atoms with Crippen molar-refractivity contribution >= 4 is 17.5 Å². The number of benzene rings is 1. The Kier molecular flexibility index (Phi) is 4.22. The number of hydrogen-bond donors (Lipinski definition) is 0. The van der Waals surface area contributed by atoms with Crippen LogP contribution in [0.25, 0.3) is 0 Å². The molecular formula is C19H21FN4O3. The zero-order valence-electron chi connectivity index (χ0n) is 15.3. The number of piperazine rings is 1. The smallest absolute Gasteiger partial charge is 0.259 e. The first-order chi connectivity index (χ1) is 12.9. The van der Waals surface area contributed by atoms with Crippen LogP contribution in [0.15, 0.2) is 35.0 Å². The summed E-state index contributed by atoms with van der Waals surface area (Å²) in [5.74, 6) is -0.0736. The zero-order valence-corrected chi connectivity index (χ0v) is 15.3. The molecule has 2 amide bonds. The molecule has 0 bridgehead atoms. The maximum atomic E-state index is 13.6. The lowest BCUT2D eigenvalue weighted by Gasteiger charge is -2.46. The van der Waals surface area contributed by atoms with E-state index in [1.807, 2.05) is 11.9 Å². The van der Waals surface area contributed by atoms with E-state index in [1.165, 1.54) is 18.3 Å². The molecule has 0 saturated carbocycles. The SMILES string of the molecule is Cc1oncc1C(=O)N1CC[C@]2(C1)CN(c1cccc(F)c1)C(=O)CN2C. The highest BCUT2D eigenvalue weighted by atomic mass is 19.1. The van der Waals surface area contributed by atoms with E-state index >= 15 is 0 Å². The summed E-state index contributed by atoms with van der Waals surface area (Å²) in [7, 11) is 1.90. The zero-order chi connectivity index (χ0) is 19.2. The summed E-state index contributed by atoms with van der Waals surface area (Å²) < 4.78 is 18.6. The number of anilines is 1. The van der Waals surface area contributed by atoms with Gasteiger partial charge in [-0.05, 0) is 38.6 Å². The molecule has 3 heterocycles. The molecule has 2 aliphatic rings. The number of nitrogens with zero attached hydrogens (tertiary/aromatic N) is 4.